The summed E-state index contributed by atoms with van der Waals surface area (Å²) in [4.78, 5) is 24.6. The molecule has 0 aromatic heterocycles. The Morgan fingerprint density at radius 1 is 1.14 bits per heavy atom. The molecule has 3 saturated carbocycles. The van der Waals surface area contributed by atoms with E-state index in [4.69, 9.17) is 4.74 Å². The average molecular weight is 310 g/mol. The monoisotopic (exact) mass is 310 g/mol. The fraction of sp³-hybridized carbons (Fsp3) is 0.882. The zero-order chi connectivity index (χ0) is 16.9. The van der Waals surface area contributed by atoms with Crippen molar-refractivity contribution in [3.63, 3.8) is 0 Å². The van der Waals surface area contributed by atoms with Crippen molar-refractivity contribution in [1.82, 2.24) is 10.6 Å². The smallest absolute Gasteiger partial charge is 0.408 e. The van der Waals surface area contributed by atoms with E-state index in [9.17, 15) is 9.59 Å². The number of alkyl carbamates (subject to hydrolysis) is 1. The second kappa shape index (κ2) is 5.14. The molecule has 2 bridgehead atoms. The zero-order valence-corrected chi connectivity index (χ0v) is 14.9. The average Bonchev–Trinajstić information content (AvgIpc) is 2.34. The molecule has 3 aliphatic carbocycles. The van der Waals surface area contributed by atoms with Gasteiger partial charge in [-0.1, -0.05) is 13.8 Å². The number of hydrogen-bond acceptors (Lipinski definition) is 3. The molecule has 4 atom stereocenters. The molecule has 0 radical (unpaired) electrons. The van der Waals surface area contributed by atoms with Crippen LogP contribution in [0.3, 0.4) is 0 Å². The predicted molar refractivity (Wildman–Crippen MR) is 85.3 cm³/mol. The minimum Gasteiger partial charge on any atom is -0.444 e. The van der Waals surface area contributed by atoms with Gasteiger partial charge >= 0.3 is 6.09 Å². The summed E-state index contributed by atoms with van der Waals surface area (Å²) in [5, 5.41) is 5.79. The number of amides is 2. The van der Waals surface area contributed by atoms with Gasteiger partial charge in [0.2, 0.25) is 5.91 Å². The quantitative estimate of drug-likeness (QED) is 0.824. The zero-order valence-electron chi connectivity index (χ0n) is 14.9. The summed E-state index contributed by atoms with van der Waals surface area (Å²) in [6, 6.07) is 0. The van der Waals surface area contributed by atoms with Gasteiger partial charge in [0.15, 0.2) is 0 Å². The number of rotatable bonds is 2. The van der Waals surface area contributed by atoms with Gasteiger partial charge in [-0.05, 0) is 57.8 Å². The van der Waals surface area contributed by atoms with E-state index in [1.165, 1.54) is 0 Å². The Labute approximate surface area is 133 Å². The minimum atomic E-state index is -0.569. The first kappa shape index (κ1) is 17.1. The summed E-state index contributed by atoms with van der Waals surface area (Å²) in [6.07, 6.45) is 1.44. The minimum absolute atomic E-state index is 0.00348. The van der Waals surface area contributed by atoms with Crippen LogP contribution in [0.5, 0.6) is 0 Å². The third-order valence-electron chi connectivity index (χ3n) is 5.77. The van der Waals surface area contributed by atoms with E-state index in [1.807, 2.05) is 27.7 Å². The van der Waals surface area contributed by atoms with Gasteiger partial charge in [0.25, 0.3) is 0 Å². The van der Waals surface area contributed by atoms with Crippen LogP contribution < -0.4 is 10.6 Å². The van der Waals surface area contributed by atoms with Crippen LogP contribution in [0.25, 0.3) is 0 Å². The van der Waals surface area contributed by atoms with Crippen molar-refractivity contribution in [2.24, 2.45) is 23.2 Å². The summed E-state index contributed by atoms with van der Waals surface area (Å²) in [6.45, 7) is 12.0. The lowest BCUT2D eigenvalue weighted by molar-refractivity contribution is -0.166. The molecule has 0 unspecified atom stereocenters. The van der Waals surface area contributed by atoms with Gasteiger partial charge < -0.3 is 15.4 Å². The molecule has 0 saturated heterocycles. The molecule has 5 heteroatoms. The molecule has 5 nitrogen and oxygen atoms in total. The van der Waals surface area contributed by atoms with Gasteiger partial charge in [0.1, 0.15) is 5.60 Å². The van der Waals surface area contributed by atoms with Crippen molar-refractivity contribution in [2.75, 3.05) is 7.05 Å². The lowest BCUT2D eigenvalue weighted by Crippen LogP contribution is -2.72. The molecule has 0 heterocycles. The van der Waals surface area contributed by atoms with E-state index in [0.29, 0.717) is 5.92 Å². The molecule has 126 valence electrons. The van der Waals surface area contributed by atoms with Gasteiger partial charge in [0, 0.05) is 7.05 Å². The largest absolute Gasteiger partial charge is 0.444 e. The maximum absolute atomic E-state index is 12.3. The number of hydrogen-bond donors (Lipinski definition) is 2. The Hall–Kier alpha value is -1.26. The highest BCUT2D eigenvalue weighted by Crippen LogP contribution is 2.64. The summed E-state index contributed by atoms with van der Waals surface area (Å²) < 4.78 is 5.42. The maximum atomic E-state index is 12.3. The third-order valence-corrected chi connectivity index (χ3v) is 5.77. The highest BCUT2D eigenvalue weighted by molar-refractivity contribution is 5.81. The highest BCUT2D eigenvalue weighted by atomic mass is 16.6. The first-order chi connectivity index (χ1) is 9.91. The number of fused-ring (bicyclic) bond motifs is 2. The lowest BCUT2D eigenvalue weighted by atomic mass is 9.40. The van der Waals surface area contributed by atoms with Crippen LogP contribution in [0.2, 0.25) is 0 Å². The molecule has 2 N–H and O–H groups in total. The van der Waals surface area contributed by atoms with Gasteiger partial charge in [-0.2, -0.15) is 0 Å². The summed E-state index contributed by atoms with van der Waals surface area (Å²) >= 11 is 0. The summed E-state index contributed by atoms with van der Waals surface area (Å²) in [5.74, 6) is 0.632. The molecule has 0 aromatic carbocycles. The molecule has 3 aliphatic rings. The number of carbonyl (C=O) groups is 2. The SMILES string of the molecule is CNC(=O)[C@@H]1C[C@@H]2C[C@@H](C2(C)C)[C@]1(C)NC(=O)OC(C)(C)C. The second-order valence-corrected chi connectivity index (χ2v) is 8.62. The van der Waals surface area contributed by atoms with Gasteiger partial charge in [-0.25, -0.2) is 4.79 Å². The Morgan fingerprint density at radius 3 is 2.18 bits per heavy atom. The first-order valence-corrected chi connectivity index (χ1v) is 8.14. The lowest BCUT2D eigenvalue weighted by Gasteiger charge is -2.66. The Morgan fingerprint density at radius 2 is 1.73 bits per heavy atom. The van der Waals surface area contributed by atoms with Crippen LogP contribution in [0.15, 0.2) is 0 Å². The van der Waals surface area contributed by atoms with Gasteiger partial charge in [-0.15, -0.1) is 0 Å². The fourth-order valence-corrected chi connectivity index (χ4v) is 4.46. The van der Waals surface area contributed by atoms with E-state index >= 15 is 0 Å². The van der Waals surface area contributed by atoms with Crippen molar-refractivity contribution in [1.29, 1.82) is 0 Å². The fourth-order valence-electron chi connectivity index (χ4n) is 4.46. The van der Waals surface area contributed by atoms with Gasteiger partial charge in [-0.3, -0.25) is 4.79 Å². The number of nitrogens with one attached hydrogen (secondary N) is 2. The van der Waals surface area contributed by atoms with Crippen LogP contribution in [0.1, 0.15) is 54.4 Å². The van der Waals surface area contributed by atoms with E-state index in [-0.39, 0.29) is 23.2 Å². The molecule has 0 spiro atoms. The number of ether oxygens (including phenoxy) is 1. The van der Waals surface area contributed by atoms with Crippen molar-refractivity contribution in [3.8, 4) is 0 Å². The highest BCUT2D eigenvalue weighted by Gasteiger charge is 2.65. The van der Waals surface area contributed by atoms with Crippen molar-refractivity contribution in [3.05, 3.63) is 0 Å². The molecular formula is C17H30N2O3. The van der Waals surface area contributed by atoms with Gasteiger partial charge in [0.05, 0.1) is 11.5 Å². The third kappa shape index (κ3) is 2.70. The van der Waals surface area contributed by atoms with Crippen molar-refractivity contribution >= 4 is 12.0 Å². The van der Waals surface area contributed by atoms with E-state index in [0.717, 1.165) is 12.8 Å². The summed E-state index contributed by atoms with van der Waals surface area (Å²) in [5.41, 5.74) is -0.968. The topological polar surface area (TPSA) is 67.4 Å². The maximum Gasteiger partial charge on any atom is 0.408 e. The van der Waals surface area contributed by atoms with Crippen molar-refractivity contribution < 1.29 is 14.3 Å². The van der Waals surface area contributed by atoms with E-state index in [1.54, 1.807) is 7.05 Å². The van der Waals surface area contributed by atoms with Crippen LogP contribution in [0, 0.1) is 23.2 Å². The molecule has 0 aromatic rings. The molecule has 3 fully saturated rings. The Bertz CT molecular complexity index is 481. The molecular weight excluding hydrogens is 280 g/mol. The number of carbonyl (C=O) groups excluding carboxylic acids is 2. The Balaban J connectivity index is 2.24. The standard InChI is InChI=1S/C17H30N2O3/c1-15(2,3)22-14(21)19-17(6)11(13(20)18-7)8-10-9-12(17)16(10,4)5/h10-12H,8-9H2,1-7H3,(H,18,20)(H,19,21)/t10-,11+,12+,17-/m1/s1. The normalized spacial score (nSPS) is 36.0. The second-order valence-electron chi connectivity index (χ2n) is 8.62. The van der Waals surface area contributed by atoms with Crippen LogP contribution >= 0.6 is 0 Å². The predicted octanol–water partition coefficient (Wildman–Crippen LogP) is 2.70. The molecule has 0 aliphatic heterocycles. The molecule has 3 rings (SSSR count). The van der Waals surface area contributed by atoms with Crippen LogP contribution in [-0.2, 0) is 9.53 Å². The molecule has 22 heavy (non-hydrogen) atoms. The Kier molecular flexibility index (Phi) is 3.99. The first-order valence-electron chi connectivity index (χ1n) is 8.14. The van der Waals surface area contributed by atoms with Crippen molar-refractivity contribution in [2.45, 2.75) is 65.5 Å². The molecule has 2 amide bonds. The van der Waals surface area contributed by atoms with E-state index in [2.05, 4.69) is 24.5 Å². The van der Waals surface area contributed by atoms with E-state index < -0.39 is 17.2 Å². The van der Waals surface area contributed by atoms with Crippen LogP contribution in [0.4, 0.5) is 4.79 Å². The summed E-state index contributed by atoms with van der Waals surface area (Å²) in [7, 11) is 1.65. The van der Waals surface area contributed by atoms with Crippen LogP contribution in [-0.4, -0.2) is 30.2 Å².